The van der Waals surface area contributed by atoms with Crippen LogP contribution in [-0.4, -0.2) is 23.0 Å². The quantitative estimate of drug-likeness (QED) is 0.289. The zero-order valence-corrected chi connectivity index (χ0v) is 20.4. The van der Waals surface area contributed by atoms with Crippen LogP contribution in [0, 0.1) is 6.92 Å². The van der Waals surface area contributed by atoms with Gasteiger partial charge < -0.3 is 10.1 Å². The normalized spacial score (nSPS) is 12.8. The molecule has 1 N–H and O–H groups in total. The van der Waals surface area contributed by atoms with Gasteiger partial charge in [-0.1, -0.05) is 62.0 Å². The minimum absolute atomic E-state index is 0.315. The zero-order valence-electron chi connectivity index (χ0n) is 18.8. The number of nitrogens with zero attached hydrogens (tertiary/aromatic N) is 1. The number of hydrogen-bond acceptors (Lipinski definition) is 6. The van der Waals surface area contributed by atoms with Crippen LogP contribution < -0.4 is 5.32 Å². The fraction of sp³-hybridized carbons (Fsp3) is 0.320. The summed E-state index contributed by atoms with van der Waals surface area (Å²) in [7, 11) is 0. The topological polar surface area (TPSA) is 68.3 Å². The molecule has 2 atom stereocenters. The molecule has 32 heavy (non-hydrogen) atoms. The van der Waals surface area contributed by atoms with Crippen LogP contribution in [0.1, 0.15) is 60.3 Å². The number of aryl methyl sites for hydroxylation is 1. The van der Waals surface area contributed by atoms with Gasteiger partial charge in [0.2, 0.25) is 0 Å². The first-order valence-electron chi connectivity index (χ1n) is 10.6. The number of anilines is 1. The number of esters is 1. The monoisotopic (exact) mass is 468 g/mol. The number of carbonyl (C=O) groups is 2. The molecule has 5 nitrogen and oxygen atoms in total. The van der Waals surface area contributed by atoms with Gasteiger partial charge in [-0.15, -0.1) is 11.3 Å². The van der Waals surface area contributed by atoms with Crippen molar-refractivity contribution in [3.05, 3.63) is 76.3 Å². The van der Waals surface area contributed by atoms with Crippen LogP contribution in [-0.2, 0) is 15.3 Å². The summed E-state index contributed by atoms with van der Waals surface area (Å²) in [5, 5.41) is 4.92. The molecule has 0 aliphatic heterocycles. The number of aromatic nitrogens is 1. The summed E-state index contributed by atoms with van der Waals surface area (Å²) < 4.78 is 6.48. The molecule has 0 aliphatic rings. The molecule has 0 fully saturated rings. The van der Waals surface area contributed by atoms with E-state index in [-0.39, 0.29) is 5.91 Å². The van der Waals surface area contributed by atoms with E-state index in [1.807, 2.05) is 48.7 Å². The van der Waals surface area contributed by atoms with Crippen molar-refractivity contribution in [2.45, 2.75) is 56.2 Å². The fourth-order valence-electron chi connectivity index (χ4n) is 3.16. The van der Waals surface area contributed by atoms with E-state index in [4.69, 9.17) is 4.74 Å². The summed E-state index contributed by atoms with van der Waals surface area (Å²) in [6.45, 7) is 7.78. The number of thiazole rings is 1. The number of rotatable bonds is 9. The van der Waals surface area contributed by atoms with E-state index in [1.165, 1.54) is 0 Å². The molecule has 3 rings (SSSR count). The summed E-state index contributed by atoms with van der Waals surface area (Å²) >= 11 is 3.17. The summed E-state index contributed by atoms with van der Waals surface area (Å²) in [6, 6.07) is 15.1. The lowest BCUT2D eigenvalue weighted by atomic mass is 9.97. The maximum Gasteiger partial charge on any atom is 0.339 e. The van der Waals surface area contributed by atoms with E-state index < -0.39 is 12.1 Å². The number of para-hydroxylation sites is 1. The molecule has 1 heterocycles. The molecule has 0 saturated carbocycles. The smallest absolute Gasteiger partial charge is 0.339 e. The van der Waals surface area contributed by atoms with Crippen molar-refractivity contribution in [2.75, 3.05) is 5.32 Å². The highest BCUT2D eigenvalue weighted by molar-refractivity contribution is 8.00. The Kier molecular flexibility index (Phi) is 8.47. The molecule has 1 aromatic heterocycles. The molecule has 0 bridgehead atoms. The molecule has 0 unspecified atom stereocenters. The van der Waals surface area contributed by atoms with Crippen LogP contribution in [0.2, 0.25) is 0 Å². The Balaban J connectivity index is 1.65. The number of carbonyl (C=O) groups excluding carboxylic acids is 2. The van der Waals surface area contributed by atoms with E-state index in [1.54, 1.807) is 42.2 Å². The standard InChI is InChI=1S/C25H28N2O3S2/c1-5-16(2)20-11-8-9-13-22(20)27-23(28)18(4)30-24(29)21-12-7-6-10-19(21)15-32-25-26-17(3)14-31-25/h6-14,16,18H,5,15H2,1-4H3,(H,27,28)/t16-,18+/m0/s1. The predicted octanol–water partition coefficient (Wildman–Crippen LogP) is 6.44. The summed E-state index contributed by atoms with van der Waals surface area (Å²) in [4.78, 5) is 30.0. The molecule has 0 aliphatic carbocycles. The van der Waals surface area contributed by atoms with Crippen LogP contribution in [0.25, 0.3) is 0 Å². The van der Waals surface area contributed by atoms with Gasteiger partial charge in [-0.25, -0.2) is 9.78 Å². The maximum absolute atomic E-state index is 12.8. The molecule has 7 heteroatoms. The summed E-state index contributed by atoms with van der Waals surface area (Å²) in [5.41, 5.74) is 4.13. The Bertz CT molecular complexity index is 1080. The van der Waals surface area contributed by atoms with Crippen molar-refractivity contribution < 1.29 is 14.3 Å². The van der Waals surface area contributed by atoms with Gasteiger partial charge in [0.15, 0.2) is 6.10 Å². The van der Waals surface area contributed by atoms with Crippen molar-refractivity contribution in [2.24, 2.45) is 0 Å². The van der Waals surface area contributed by atoms with Crippen LogP contribution >= 0.6 is 23.1 Å². The van der Waals surface area contributed by atoms with Crippen molar-refractivity contribution in [3.63, 3.8) is 0 Å². The highest BCUT2D eigenvalue weighted by atomic mass is 32.2. The van der Waals surface area contributed by atoms with Gasteiger partial charge in [0, 0.05) is 22.5 Å². The van der Waals surface area contributed by atoms with Crippen molar-refractivity contribution in [1.82, 2.24) is 4.98 Å². The lowest BCUT2D eigenvalue weighted by molar-refractivity contribution is -0.123. The van der Waals surface area contributed by atoms with Crippen molar-refractivity contribution in [1.29, 1.82) is 0 Å². The highest BCUT2D eigenvalue weighted by Crippen LogP contribution is 2.28. The minimum atomic E-state index is -0.921. The van der Waals surface area contributed by atoms with Gasteiger partial charge in [-0.2, -0.15) is 0 Å². The zero-order chi connectivity index (χ0) is 23.1. The minimum Gasteiger partial charge on any atom is -0.449 e. The van der Waals surface area contributed by atoms with Gasteiger partial charge in [0.25, 0.3) is 5.91 Å². The number of thioether (sulfide) groups is 1. The number of ether oxygens (including phenoxy) is 1. The van der Waals surface area contributed by atoms with Gasteiger partial charge in [0.1, 0.15) is 4.34 Å². The molecule has 1 amide bonds. The molecule has 0 radical (unpaired) electrons. The van der Waals surface area contributed by atoms with Crippen molar-refractivity contribution in [3.8, 4) is 0 Å². The lowest BCUT2D eigenvalue weighted by Gasteiger charge is -2.18. The number of nitrogens with one attached hydrogen (secondary N) is 1. The second kappa shape index (κ2) is 11.3. The number of amides is 1. The third-order valence-electron chi connectivity index (χ3n) is 5.20. The molecule has 0 spiro atoms. The summed E-state index contributed by atoms with van der Waals surface area (Å²) in [5.74, 6) is 0.0603. The molecular formula is C25H28N2O3S2. The second-order valence-corrected chi connectivity index (χ2v) is 9.71. The van der Waals surface area contributed by atoms with E-state index in [0.717, 1.165) is 33.3 Å². The SMILES string of the molecule is CC[C@H](C)c1ccccc1NC(=O)[C@@H](C)OC(=O)c1ccccc1CSc1nc(C)cs1. The van der Waals surface area contributed by atoms with Gasteiger partial charge >= 0.3 is 5.97 Å². The van der Waals surface area contributed by atoms with Gasteiger partial charge in [-0.3, -0.25) is 4.79 Å². The predicted molar refractivity (Wildman–Crippen MR) is 132 cm³/mol. The average Bonchev–Trinajstić information content (AvgIpc) is 3.22. The van der Waals surface area contributed by atoms with E-state index in [9.17, 15) is 9.59 Å². The van der Waals surface area contributed by atoms with Gasteiger partial charge in [0.05, 0.1) is 5.56 Å². The molecule has 168 valence electrons. The van der Waals surface area contributed by atoms with Crippen LogP contribution in [0.15, 0.2) is 58.3 Å². The first-order valence-corrected chi connectivity index (χ1v) is 12.5. The largest absolute Gasteiger partial charge is 0.449 e. The Labute approximate surface area is 197 Å². The van der Waals surface area contributed by atoms with E-state index >= 15 is 0 Å². The molecule has 3 aromatic rings. The summed E-state index contributed by atoms with van der Waals surface area (Å²) in [6.07, 6.45) is 0.0436. The number of benzene rings is 2. The fourth-order valence-corrected chi connectivity index (χ4v) is 5.01. The lowest BCUT2D eigenvalue weighted by Crippen LogP contribution is -2.30. The van der Waals surface area contributed by atoms with Crippen LogP contribution in [0.4, 0.5) is 5.69 Å². The first kappa shape index (κ1) is 24.0. The Morgan fingerprint density at radius 3 is 2.56 bits per heavy atom. The maximum atomic E-state index is 12.8. The van der Waals surface area contributed by atoms with Crippen molar-refractivity contribution >= 4 is 40.7 Å². The van der Waals surface area contributed by atoms with Gasteiger partial charge in [-0.05, 0) is 49.4 Å². The highest BCUT2D eigenvalue weighted by Gasteiger charge is 2.22. The number of hydrogen-bond donors (Lipinski definition) is 1. The first-order chi connectivity index (χ1) is 15.4. The molecular weight excluding hydrogens is 440 g/mol. The average molecular weight is 469 g/mol. The Morgan fingerprint density at radius 2 is 1.84 bits per heavy atom. The van der Waals surface area contributed by atoms with Crippen LogP contribution in [0.3, 0.4) is 0 Å². The Morgan fingerprint density at radius 1 is 1.12 bits per heavy atom. The second-order valence-electron chi connectivity index (χ2n) is 7.63. The third-order valence-corrected chi connectivity index (χ3v) is 7.39. The molecule has 2 aromatic carbocycles. The van der Waals surface area contributed by atoms with E-state index in [0.29, 0.717) is 17.2 Å². The van der Waals surface area contributed by atoms with E-state index in [2.05, 4.69) is 24.1 Å². The molecule has 0 saturated heterocycles. The third kappa shape index (κ3) is 6.20. The Hall–Kier alpha value is -2.64. The van der Waals surface area contributed by atoms with Crippen LogP contribution in [0.5, 0.6) is 0 Å².